The fourth-order valence-electron chi connectivity index (χ4n) is 1.84. The van der Waals surface area contributed by atoms with E-state index in [1.165, 1.54) is 0 Å². The van der Waals surface area contributed by atoms with E-state index < -0.39 is 6.04 Å². The zero-order chi connectivity index (χ0) is 13.1. The first kappa shape index (κ1) is 13.4. The van der Waals surface area contributed by atoms with Crippen LogP contribution in [0, 0.1) is 0 Å². The standard InChI is InChI=1S/C12H13BrN2O2S/c13-7-3-4-8(10(18)6-7)11(16)15-9-2-1-5-14-12(9)17/h3-4,6,9,18H,1-2,5H2,(H,14,17)(H,15,16). The maximum absolute atomic E-state index is 12.0. The molecule has 96 valence electrons. The number of amides is 2. The van der Waals surface area contributed by atoms with Crippen LogP contribution in [0.15, 0.2) is 27.6 Å². The highest BCUT2D eigenvalue weighted by Crippen LogP contribution is 2.20. The molecule has 2 amide bonds. The second-order valence-corrected chi connectivity index (χ2v) is 5.52. The van der Waals surface area contributed by atoms with Gasteiger partial charge >= 0.3 is 0 Å². The third kappa shape index (κ3) is 3.05. The molecule has 1 unspecified atom stereocenters. The maximum atomic E-state index is 12.0. The fourth-order valence-corrected chi connectivity index (χ4v) is 2.70. The summed E-state index contributed by atoms with van der Waals surface area (Å²) in [4.78, 5) is 24.2. The Labute approximate surface area is 119 Å². The summed E-state index contributed by atoms with van der Waals surface area (Å²) in [5.74, 6) is -0.387. The lowest BCUT2D eigenvalue weighted by Crippen LogP contribution is -2.50. The van der Waals surface area contributed by atoms with Gasteiger partial charge in [-0.15, -0.1) is 12.6 Å². The lowest BCUT2D eigenvalue weighted by molar-refractivity contribution is -0.124. The van der Waals surface area contributed by atoms with E-state index in [0.717, 1.165) is 10.9 Å². The van der Waals surface area contributed by atoms with Crippen molar-refractivity contribution in [3.8, 4) is 0 Å². The largest absolute Gasteiger partial charge is 0.354 e. The maximum Gasteiger partial charge on any atom is 0.253 e. The third-order valence-corrected chi connectivity index (χ3v) is 3.66. The molecule has 1 aliphatic heterocycles. The van der Waals surface area contributed by atoms with Crippen LogP contribution in [0.5, 0.6) is 0 Å². The van der Waals surface area contributed by atoms with Gasteiger partial charge in [0.05, 0.1) is 5.56 Å². The second kappa shape index (κ2) is 5.75. The molecule has 2 rings (SSSR count). The van der Waals surface area contributed by atoms with E-state index in [1.807, 2.05) is 0 Å². The Morgan fingerprint density at radius 2 is 2.28 bits per heavy atom. The van der Waals surface area contributed by atoms with Crippen molar-refractivity contribution in [3.63, 3.8) is 0 Å². The van der Waals surface area contributed by atoms with E-state index in [1.54, 1.807) is 18.2 Å². The predicted molar refractivity (Wildman–Crippen MR) is 74.9 cm³/mol. The van der Waals surface area contributed by atoms with E-state index in [-0.39, 0.29) is 11.8 Å². The van der Waals surface area contributed by atoms with Crippen molar-refractivity contribution in [2.24, 2.45) is 0 Å². The molecule has 0 bridgehead atoms. The summed E-state index contributed by atoms with van der Waals surface area (Å²) in [6, 6.07) is 4.76. The summed E-state index contributed by atoms with van der Waals surface area (Å²) in [6.45, 7) is 0.682. The Balaban J connectivity index is 2.09. The lowest BCUT2D eigenvalue weighted by atomic mass is 10.1. The Kier molecular flexibility index (Phi) is 4.29. The zero-order valence-corrected chi connectivity index (χ0v) is 12.1. The molecular weight excluding hydrogens is 316 g/mol. The van der Waals surface area contributed by atoms with Crippen LogP contribution >= 0.6 is 28.6 Å². The van der Waals surface area contributed by atoms with Crippen molar-refractivity contribution in [1.29, 1.82) is 0 Å². The molecule has 0 aliphatic carbocycles. The Morgan fingerprint density at radius 1 is 1.50 bits per heavy atom. The topological polar surface area (TPSA) is 58.2 Å². The number of hydrogen-bond donors (Lipinski definition) is 3. The van der Waals surface area contributed by atoms with Crippen LogP contribution in [0.4, 0.5) is 0 Å². The molecule has 6 heteroatoms. The molecule has 1 aromatic rings. The normalized spacial score (nSPS) is 19.2. The molecule has 1 aromatic carbocycles. The van der Waals surface area contributed by atoms with E-state index in [0.29, 0.717) is 23.4 Å². The number of piperidine rings is 1. The summed E-state index contributed by atoms with van der Waals surface area (Å²) >= 11 is 7.56. The monoisotopic (exact) mass is 328 g/mol. The van der Waals surface area contributed by atoms with Gasteiger partial charge < -0.3 is 10.6 Å². The number of carbonyl (C=O) groups excluding carboxylic acids is 2. The van der Waals surface area contributed by atoms with Crippen LogP contribution in [0.1, 0.15) is 23.2 Å². The van der Waals surface area contributed by atoms with Crippen molar-refractivity contribution >= 4 is 40.4 Å². The fraction of sp³-hybridized carbons (Fsp3) is 0.333. The van der Waals surface area contributed by atoms with Gasteiger partial charge in [0.15, 0.2) is 0 Å². The van der Waals surface area contributed by atoms with Gasteiger partial charge in [0.25, 0.3) is 5.91 Å². The Morgan fingerprint density at radius 3 is 2.94 bits per heavy atom. The molecule has 18 heavy (non-hydrogen) atoms. The third-order valence-electron chi connectivity index (χ3n) is 2.80. The predicted octanol–water partition coefficient (Wildman–Crippen LogP) is 1.75. The second-order valence-electron chi connectivity index (χ2n) is 4.12. The molecule has 0 saturated carbocycles. The Bertz CT molecular complexity index is 493. The van der Waals surface area contributed by atoms with Gasteiger partial charge in [-0.2, -0.15) is 0 Å². The van der Waals surface area contributed by atoms with Crippen LogP contribution in [-0.2, 0) is 4.79 Å². The molecule has 0 spiro atoms. The van der Waals surface area contributed by atoms with Crippen molar-refractivity contribution in [1.82, 2.24) is 10.6 Å². The molecule has 4 nitrogen and oxygen atoms in total. The van der Waals surface area contributed by atoms with Crippen LogP contribution < -0.4 is 10.6 Å². The first-order chi connectivity index (χ1) is 8.58. The molecule has 1 atom stereocenters. The summed E-state index contributed by atoms with van der Waals surface area (Å²) in [6.07, 6.45) is 1.56. The lowest BCUT2D eigenvalue weighted by Gasteiger charge is -2.23. The van der Waals surface area contributed by atoms with Crippen molar-refractivity contribution in [2.45, 2.75) is 23.8 Å². The number of benzene rings is 1. The average molecular weight is 329 g/mol. The summed E-state index contributed by atoms with van der Waals surface area (Å²) < 4.78 is 0.861. The molecule has 2 N–H and O–H groups in total. The summed E-state index contributed by atoms with van der Waals surface area (Å²) in [5.41, 5.74) is 0.472. The Hall–Kier alpha value is -1.01. The van der Waals surface area contributed by atoms with E-state index >= 15 is 0 Å². The van der Waals surface area contributed by atoms with Crippen LogP contribution in [0.2, 0.25) is 0 Å². The van der Waals surface area contributed by atoms with Gasteiger partial charge in [0.2, 0.25) is 5.91 Å². The number of hydrogen-bond acceptors (Lipinski definition) is 3. The summed E-state index contributed by atoms with van der Waals surface area (Å²) in [7, 11) is 0. The van der Waals surface area contributed by atoms with E-state index in [9.17, 15) is 9.59 Å². The van der Waals surface area contributed by atoms with Gasteiger partial charge in [-0.05, 0) is 31.0 Å². The minimum atomic E-state index is -0.442. The van der Waals surface area contributed by atoms with Gasteiger partial charge in [-0.3, -0.25) is 9.59 Å². The zero-order valence-electron chi connectivity index (χ0n) is 9.57. The number of thiol groups is 1. The van der Waals surface area contributed by atoms with Crippen LogP contribution in [0.25, 0.3) is 0 Å². The first-order valence-electron chi connectivity index (χ1n) is 5.65. The van der Waals surface area contributed by atoms with E-state index in [4.69, 9.17) is 0 Å². The van der Waals surface area contributed by atoms with Crippen LogP contribution in [-0.4, -0.2) is 24.4 Å². The van der Waals surface area contributed by atoms with Gasteiger partial charge in [0, 0.05) is 15.9 Å². The van der Waals surface area contributed by atoms with Gasteiger partial charge in [-0.25, -0.2) is 0 Å². The van der Waals surface area contributed by atoms with Crippen molar-refractivity contribution < 1.29 is 9.59 Å². The number of rotatable bonds is 2. The number of nitrogens with one attached hydrogen (secondary N) is 2. The molecule has 1 aliphatic rings. The van der Waals surface area contributed by atoms with E-state index in [2.05, 4.69) is 39.2 Å². The molecular formula is C12H13BrN2O2S. The average Bonchev–Trinajstić information content (AvgIpc) is 2.32. The highest BCUT2D eigenvalue weighted by Gasteiger charge is 2.24. The number of carbonyl (C=O) groups is 2. The van der Waals surface area contributed by atoms with Gasteiger partial charge in [-0.1, -0.05) is 15.9 Å². The molecule has 1 heterocycles. The molecule has 0 radical (unpaired) electrons. The van der Waals surface area contributed by atoms with Crippen molar-refractivity contribution in [3.05, 3.63) is 28.2 Å². The smallest absolute Gasteiger partial charge is 0.253 e. The summed E-state index contributed by atoms with van der Waals surface area (Å²) in [5, 5.41) is 5.46. The minimum Gasteiger partial charge on any atom is -0.354 e. The molecule has 1 fully saturated rings. The number of halogens is 1. The molecule has 1 saturated heterocycles. The molecule has 0 aromatic heterocycles. The SMILES string of the molecule is O=C(NC1CCCNC1=O)c1ccc(Br)cc1S. The van der Waals surface area contributed by atoms with Crippen molar-refractivity contribution in [2.75, 3.05) is 6.54 Å². The highest BCUT2D eigenvalue weighted by molar-refractivity contribution is 9.10. The highest BCUT2D eigenvalue weighted by atomic mass is 79.9. The first-order valence-corrected chi connectivity index (χ1v) is 6.89. The quantitative estimate of drug-likeness (QED) is 0.724. The van der Waals surface area contributed by atoms with Crippen LogP contribution in [0.3, 0.4) is 0 Å². The minimum absolute atomic E-state index is 0.118. The van der Waals surface area contributed by atoms with Gasteiger partial charge in [0.1, 0.15) is 6.04 Å².